The molecule has 3 rings (SSSR count). The second-order valence-corrected chi connectivity index (χ2v) is 7.86. The molecule has 0 spiro atoms. The molecule has 3 aliphatic carbocycles. The lowest BCUT2D eigenvalue weighted by molar-refractivity contribution is -0.130. The van der Waals surface area contributed by atoms with Gasteiger partial charge in [0.2, 0.25) is 11.8 Å². The van der Waals surface area contributed by atoms with Gasteiger partial charge in [-0.3, -0.25) is 9.59 Å². The molecule has 124 valence electrons. The van der Waals surface area contributed by atoms with E-state index in [1.165, 1.54) is 45.4 Å². The lowest BCUT2D eigenvalue weighted by Gasteiger charge is -2.31. The Morgan fingerprint density at radius 2 is 1.73 bits per heavy atom. The van der Waals surface area contributed by atoms with Crippen LogP contribution in [0.4, 0.5) is 0 Å². The first-order valence-corrected chi connectivity index (χ1v) is 9.12. The second-order valence-electron chi connectivity index (χ2n) is 7.86. The van der Waals surface area contributed by atoms with Crippen molar-refractivity contribution in [2.75, 3.05) is 0 Å². The van der Waals surface area contributed by atoms with Crippen LogP contribution in [0.1, 0.15) is 65.2 Å². The summed E-state index contributed by atoms with van der Waals surface area (Å²) in [6.07, 6.45) is 9.84. The van der Waals surface area contributed by atoms with E-state index < -0.39 is 0 Å². The topological polar surface area (TPSA) is 58.2 Å². The van der Waals surface area contributed by atoms with Crippen molar-refractivity contribution in [3.63, 3.8) is 0 Å². The van der Waals surface area contributed by atoms with Gasteiger partial charge in [-0.2, -0.15) is 0 Å². The highest BCUT2D eigenvalue weighted by atomic mass is 16.2. The van der Waals surface area contributed by atoms with Crippen molar-refractivity contribution in [1.82, 2.24) is 10.6 Å². The van der Waals surface area contributed by atoms with E-state index in [0.29, 0.717) is 11.8 Å². The number of hydrogen-bond acceptors (Lipinski definition) is 2. The average Bonchev–Trinajstić information content (AvgIpc) is 3.20. The number of nitrogens with one attached hydrogen (secondary N) is 2. The van der Waals surface area contributed by atoms with E-state index in [0.717, 1.165) is 24.7 Å². The molecule has 0 unspecified atom stereocenters. The predicted molar refractivity (Wildman–Crippen MR) is 86.1 cm³/mol. The maximum absolute atomic E-state index is 12.7. The van der Waals surface area contributed by atoms with Crippen LogP contribution in [-0.4, -0.2) is 23.9 Å². The first-order valence-electron chi connectivity index (χ1n) is 9.12. The Hall–Kier alpha value is -1.06. The smallest absolute Gasteiger partial charge is 0.243 e. The van der Waals surface area contributed by atoms with Crippen molar-refractivity contribution in [3.8, 4) is 0 Å². The average molecular weight is 306 g/mol. The van der Waals surface area contributed by atoms with Crippen molar-refractivity contribution in [2.45, 2.75) is 77.3 Å². The molecule has 3 fully saturated rings. The Kier molecular flexibility index (Phi) is 4.74. The van der Waals surface area contributed by atoms with Crippen molar-refractivity contribution in [2.24, 2.45) is 23.7 Å². The van der Waals surface area contributed by atoms with E-state index >= 15 is 0 Å². The number of carbonyl (C=O) groups is 2. The van der Waals surface area contributed by atoms with E-state index in [1.54, 1.807) is 0 Å². The minimum Gasteiger partial charge on any atom is -0.352 e. The fourth-order valence-corrected chi connectivity index (χ4v) is 5.23. The van der Waals surface area contributed by atoms with Crippen LogP contribution in [0.15, 0.2) is 0 Å². The van der Waals surface area contributed by atoms with Crippen molar-refractivity contribution < 1.29 is 9.59 Å². The lowest BCUT2D eigenvalue weighted by atomic mass is 9.83. The summed E-state index contributed by atoms with van der Waals surface area (Å²) in [5.74, 6) is 2.61. The second kappa shape index (κ2) is 6.59. The highest BCUT2D eigenvalue weighted by Gasteiger charge is 2.42. The molecule has 2 bridgehead atoms. The van der Waals surface area contributed by atoms with Gasteiger partial charge in [-0.15, -0.1) is 0 Å². The van der Waals surface area contributed by atoms with Gasteiger partial charge in [0.05, 0.1) is 0 Å². The monoisotopic (exact) mass is 306 g/mol. The number of carbonyl (C=O) groups excluding carboxylic acids is 2. The van der Waals surface area contributed by atoms with E-state index in [-0.39, 0.29) is 23.9 Å². The molecule has 0 aliphatic heterocycles. The molecule has 0 radical (unpaired) electrons. The van der Waals surface area contributed by atoms with Crippen LogP contribution < -0.4 is 10.6 Å². The Labute approximate surface area is 133 Å². The summed E-state index contributed by atoms with van der Waals surface area (Å²) in [6.45, 7) is 3.66. The van der Waals surface area contributed by atoms with Gasteiger partial charge >= 0.3 is 0 Å². The van der Waals surface area contributed by atoms with Crippen LogP contribution in [0.25, 0.3) is 0 Å². The summed E-state index contributed by atoms with van der Waals surface area (Å²) >= 11 is 0. The quantitative estimate of drug-likeness (QED) is 0.820. The van der Waals surface area contributed by atoms with E-state index in [1.807, 2.05) is 0 Å². The number of fused-ring (bicyclic) bond motifs is 2. The van der Waals surface area contributed by atoms with Crippen LogP contribution in [0, 0.1) is 23.7 Å². The van der Waals surface area contributed by atoms with Crippen molar-refractivity contribution in [3.05, 3.63) is 0 Å². The van der Waals surface area contributed by atoms with Crippen LogP contribution in [0.3, 0.4) is 0 Å². The Bertz CT molecular complexity index is 431. The molecule has 2 N–H and O–H groups in total. The molecule has 3 aliphatic rings. The third kappa shape index (κ3) is 3.31. The van der Waals surface area contributed by atoms with Crippen LogP contribution in [0.5, 0.6) is 0 Å². The lowest BCUT2D eigenvalue weighted by Crippen LogP contribution is -2.53. The van der Waals surface area contributed by atoms with Gasteiger partial charge in [-0.25, -0.2) is 0 Å². The molecule has 3 saturated carbocycles. The van der Waals surface area contributed by atoms with Gasteiger partial charge in [0.15, 0.2) is 0 Å². The minimum absolute atomic E-state index is 0.0392. The molecule has 5 atom stereocenters. The Balaban J connectivity index is 1.59. The zero-order valence-electron chi connectivity index (χ0n) is 13.9. The molecular formula is C18H30N2O2. The molecular weight excluding hydrogens is 276 g/mol. The Morgan fingerprint density at radius 3 is 2.27 bits per heavy atom. The summed E-state index contributed by atoms with van der Waals surface area (Å²) in [7, 11) is 0. The summed E-state index contributed by atoms with van der Waals surface area (Å²) in [5.41, 5.74) is 0. The molecule has 0 aromatic carbocycles. The Morgan fingerprint density at radius 1 is 1.00 bits per heavy atom. The first-order chi connectivity index (χ1) is 10.5. The van der Waals surface area contributed by atoms with E-state index in [2.05, 4.69) is 17.6 Å². The van der Waals surface area contributed by atoms with Crippen LogP contribution >= 0.6 is 0 Å². The standard InChI is InChI=1S/C18H30N2O2/c1-11(16-10-13-7-8-15(16)9-13)19-18(22)17(20-12(2)21)14-5-3-4-6-14/h11,13-17H,3-10H2,1-2H3,(H,19,22)(H,20,21)/t11-,13-,15-,16-,17-/m0/s1. The first kappa shape index (κ1) is 15.8. The summed E-state index contributed by atoms with van der Waals surface area (Å²) < 4.78 is 0. The number of rotatable bonds is 5. The summed E-state index contributed by atoms with van der Waals surface area (Å²) in [6, 6.07) is -0.0958. The molecule has 0 aromatic heterocycles. The fraction of sp³-hybridized carbons (Fsp3) is 0.889. The minimum atomic E-state index is -0.332. The van der Waals surface area contributed by atoms with Crippen LogP contribution in [0.2, 0.25) is 0 Å². The fourth-order valence-electron chi connectivity index (χ4n) is 5.23. The molecule has 22 heavy (non-hydrogen) atoms. The number of amides is 2. The number of hydrogen-bond donors (Lipinski definition) is 2. The highest BCUT2D eigenvalue weighted by molar-refractivity contribution is 5.87. The molecule has 2 amide bonds. The summed E-state index contributed by atoms with van der Waals surface area (Å²) in [4.78, 5) is 24.2. The largest absolute Gasteiger partial charge is 0.352 e. The van der Waals surface area contributed by atoms with Crippen molar-refractivity contribution in [1.29, 1.82) is 0 Å². The predicted octanol–water partition coefficient (Wildman–Crippen LogP) is 2.62. The molecule has 4 heteroatoms. The van der Waals surface area contributed by atoms with E-state index in [9.17, 15) is 9.59 Å². The SMILES string of the molecule is CC(=O)N[C@H](C(=O)N[C@@H](C)[C@@H]1C[C@H]2CC[C@H]1C2)C1CCCC1. The van der Waals surface area contributed by atoms with Gasteiger partial charge in [0.1, 0.15) is 6.04 Å². The van der Waals surface area contributed by atoms with Crippen LogP contribution in [-0.2, 0) is 9.59 Å². The van der Waals surface area contributed by atoms with E-state index in [4.69, 9.17) is 0 Å². The molecule has 4 nitrogen and oxygen atoms in total. The van der Waals surface area contributed by atoms with Gasteiger partial charge in [0.25, 0.3) is 0 Å². The third-order valence-electron chi connectivity index (χ3n) is 6.32. The van der Waals surface area contributed by atoms with Gasteiger partial charge < -0.3 is 10.6 Å². The summed E-state index contributed by atoms with van der Waals surface area (Å²) in [5, 5.41) is 6.14. The third-order valence-corrected chi connectivity index (χ3v) is 6.32. The highest BCUT2D eigenvalue weighted by Crippen LogP contribution is 2.49. The maximum atomic E-state index is 12.7. The zero-order valence-corrected chi connectivity index (χ0v) is 13.9. The van der Waals surface area contributed by atoms with Gasteiger partial charge in [-0.05, 0) is 62.7 Å². The molecule has 0 saturated heterocycles. The molecule has 0 aromatic rings. The maximum Gasteiger partial charge on any atom is 0.243 e. The molecule has 0 heterocycles. The normalized spacial score (nSPS) is 33.6. The van der Waals surface area contributed by atoms with Gasteiger partial charge in [-0.1, -0.05) is 19.3 Å². The van der Waals surface area contributed by atoms with Crippen molar-refractivity contribution >= 4 is 11.8 Å². The van der Waals surface area contributed by atoms with Gasteiger partial charge in [0, 0.05) is 13.0 Å². The zero-order chi connectivity index (χ0) is 15.7.